The maximum atomic E-state index is 10.4. The van der Waals surface area contributed by atoms with Crippen molar-refractivity contribution in [2.45, 2.75) is 168 Å². The molecule has 2 N–H and O–H groups in total. The monoisotopic (exact) mass is 440 g/mol. The van der Waals surface area contributed by atoms with E-state index in [1.165, 1.54) is 116 Å². The Balaban J connectivity index is 2.36. The minimum atomic E-state index is -0.540. The van der Waals surface area contributed by atoms with Crippen LogP contribution in [0.3, 0.4) is 0 Å². The van der Waals surface area contributed by atoms with Gasteiger partial charge in [-0.15, -0.1) is 0 Å². The van der Waals surface area contributed by atoms with Crippen molar-refractivity contribution in [2.75, 3.05) is 13.1 Å². The minimum Gasteiger partial charge on any atom is -0.384 e. The predicted molar refractivity (Wildman–Crippen MR) is 135 cm³/mol. The number of hydrogen-bond donors (Lipinski definition) is 2. The molecule has 186 valence electrons. The first-order valence-corrected chi connectivity index (χ1v) is 14.2. The van der Waals surface area contributed by atoms with Gasteiger partial charge in [0.15, 0.2) is 0 Å². The average molecular weight is 441 g/mol. The van der Waals surface area contributed by atoms with Crippen molar-refractivity contribution in [1.82, 2.24) is 0 Å². The summed E-state index contributed by atoms with van der Waals surface area (Å²) in [6.45, 7) is 10.8. The average Bonchev–Trinajstić information content (AvgIpc) is 3.07. The smallest absolute Gasteiger partial charge is 0.134 e. The molecule has 0 amide bonds. The Hall–Kier alpha value is -0.120. The second kappa shape index (κ2) is 17.4. The summed E-state index contributed by atoms with van der Waals surface area (Å²) in [6.07, 6.45) is 23.2. The summed E-state index contributed by atoms with van der Waals surface area (Å²) >= 11 is 0. The summed E-state index contributed by atoms with van der Waals surface area (Å²) in [5, 5.41) is 20.8. The summed E-state index contributed by atoms with van der Waals surface area (Å²) in [5.74, 6) is 0. The number of nitrogens with zero attached hydrogens (tertiary/aromatic N) is 1. The topological polar surface area (TPSA) is 40.5 Å². The Morgan fingerprint density at radius 1 is 0.548 bits per heavy atom. The van der Waals surface area contributed by atoms with Crippen LogP contribution in [0, 0.1) is 0 Å². The van der Waals surface area contributed by atoms with E-state index in [-0.39, 0.29) is 0 Å². The van der Waals surface area contributed by atoms with Gasteiger partial charge in [0.25, 0.3) is 0 Å². The van der Waals surface area contributed by atoms with Crippen molar-refractivity contribution < 1.29 is 14.7 Å². The molecule has 0 aromatic heterocycles. The van der Waals surface area contributed by atoms with Crippen LogP contribution in [-0.4, -0.2) is 52.1 Å². The molecule has 1 rings (SSSR count). The number of aliphatic hydroxyl groups excluding tert-OH is 2. The first kappa shape index (κ1) is 28.9. The van der Waals surface area contributed by atoms with Crippen LogP contribution in [0.25, 0.3) is 0 Å². The van der Waals surface area contributed by atoms with Crippen molar-refractivity contribution >= 4 is 0 Å². The molecule has 1 aliphatic heterocycles. The zero-order valence-electron chi connectivity index (χ0n) is 21.8. The molecule has 3 nitrogen and oxygen atoms in total. The lowest BCUT2D eigenvalue weighted by Crippen LogP contribution is -2.58. The van der Waals surface area contributed by atoms with Crippen LogP contribution in [0.15, 0.2) is 0 Å². The van der Waals surface area contributed by atoms with Crippen molar-refractivity contribution in [2.24, 2.45) is 0 Å². The summed E-state index contributed by atoms with van der Waals surface area (Å²) in [5.41, 5.74) is 0. The standard InChI is InChI=1S/C28H58NO2/c1-5-7-9-11-13-15-17-19-21-25(3)29(23-27(30)28(31)24-29)26(4)22-20-18-16-14-12-10-8-6-2/h25-28,30-31H,5-24H2,1-4H3/q+1. The Morgan fingerprint density at radius 2 is 0.839 bits per heavy atom. The zero-order chi connectivity index (χ0) is 23.0. The summed E-state index contributed by atoms with van der Waals surface area (Å²) in [7, 11) is 0. The number of quaternary nitrogens is 1. The van der Waals surface area contributed by atoms with Crippen molar-refractivity contribution in [3.63, 3.8) is 0 Å². The van der Waals surface area contributed by atoms with Crippen LogP contribution in [0.4, 0.5) is 0 Å². The molecule has 0 saturated carbocycles. The third-order valence-corrected chi connectivity index (χ3v) is 8.20. The molecule has 1 fully saturated rings. The van der Waals surface area contributed by atoms with Gasteiger partial charge in [-0.1, -0.05) is 104 Å². The van der Waals surface area contributed by atoms with Gasteiger partial charge in [-0.2, -0.15) is 0 Å². The van der Waals surface area contributed by atoms with Gasteiger partial charge in [0.2, 0.25) is 0 Å². The molecule has 0 aliphatic carbocycles. The number of unbranched alkanes of at least 4 members (excludes halogenated alkanes) is 14. The van der Waals surface area contributed by atoms with Gasteiger partial charge in [-0.3, -0.25) is 0 Å². The van der Waals surface area contributed by atoms with E-state index in [2.05, 4.69) is 27.7 Å². The number of rotatable bonds is 20. The summed E-state index contributed by atoms with van der Waals surface area (Å²) in [4.78, 5) is 0. The van der Waals surface area contributed by atoms with Crippen LogP contribution in [0.1, 0.15) is 143 Å². The van der Waals surface area contributed by atoms with E-state index in [4.69, 9.17) is 0 Å². The normalized spacial score (nSPS) is 25.7. The Kier molecular flexibility index (Phi) is 16.2. The van der Waals surface area contributed by atoms with Crippen LogP contribution in [-0.2, 0) is 0 Å². The number of hydrogen-bond acceptors (Lipinski definition) is 2. The largest absolute Gasteiger partial charge is 0.384 e. The van der Waals surface area contributed by atoms with E-state index in [9.17, 15) is 10.2 Å². The van der Waals surface area contributed by atoms with Crippen molar-refractivity contribution in [3.05, 3.63) is 0 Å². The molecule has 4 unspecified atom stereocenters. The van der Waals surface area contributed by atoms with Crippen LogP contribution in [0.5, 0.6) is 0 Å². The van der Waals surface area contributed by atoms with E-state index in [0.29, 0.717) is 12.1 Å². The van der Waals surface area contributed by atoms with Gasteiger partial charge in [0, 0.05) is 0 Å². The molecule has 1 heterocycles. The van der Waals surface area contributed by atoms with Gasteiger partial charge in [0.05, 0.1) is 12.1 Å². The first-order valence-electron chi connectivity index (χ1n) is 14.2. The fourth-order valence-electron chi connectivity index (χ4n) is 5.83. The quantitative estimate of drug-likeness (QED) is 0.153. The van der Waals surface area contributed by atoms with Gasteiger partial charge in [-0.25, -0.2) is 0 Å². The molecule has 0 aromatic rings. The van der Waals surface area contributed by atoms with E-state index >= 15 is 0 Å². The lowest BCUT2D eigenvalue weighted by Gasteiger charge is -2.45. The molecule has 3 heteroatoms. The fourth-order valence-corrected chi connectivity index (χ4v) is 5.83. The Labute approximate surface area is 195 Å². The molecule has 4 atom stereocenters. The Morgan fingerprint density at radius 3 is 1.16 bits per heavy atom. The predicted octanol–water partition coefficient (Wildman–Crippen LogP) is 7.38. The van der Waals surface area contributed by atoms with Crippen LogP contribution >= 0.6 is 0 Å². The summed E-state index contributed by atoms with van der Waals surface area (Å²) in [6, 6.07) is 1.08. The molecular formula is C28H58NO2+. The number of likely N-dealkylation sites (tertiary alicyclic amines) is 1. The van der Waals surface area contributed by atoms with E-state index in [0.717, 1.165) is 17.6 Å². The molecule has 0 radical (unpaired) electrons. The van der Waals surface area contributed by atoms with Gasteiger partial charge in [-0.05, 0) is 39.5 Å². The second-order valence-corrected chi connectivity index (χ2v) is 10.8. The Bertz CT molecular complexity index is 376. The van der Waals surface area contributed by atoms with Gasteiger partial charge >= 0.3 is 0 Å². The molecule has 31 heavy (non-hydrogen) atoms. The molecule has 0 bridgehead atoms. The van der Waals surface area contributed by atoms with Crippen LogP contribution in [0.2, 0.25) is 0 Å². The minimum absolute atomic E-state index is 0.538. The highest BCUT2D eigenvalue weighted by atomic mass is 16.3. The molecule has 0 aromatic carbocycles. The first-order chi connectivity index (χ1) is 15.0. The highest BCUT2D eigenvalue weighted by Gasteiger charge is 2.49. The van der Waals surface area contributed by atoms with E-state index in [1.807, 2.05) is 0 Å². The zero-order valence-corrected chi connectivity index (χ0v) is 21.8. The van der Waals surface area contributed by atoms with Crippen molar-refractivity contribution in [1.29, 1.82) is 0 Å². The van der Waals surface area contributed by atoms with Gasteiger partial charge in [0.1, 0.15) is 25.3 Å². The van der Waals surface area contributed by atoms with Crippen LogP contribution < -0.4 is 0 Å². The lowest BCUT2D eigenvalue weighted by atomic mass is 9.98. The molecule has 1 aliphatic rings. The van der Waals surface area contributed by atoms with Crippen molar-refractivity contribution in [3.8, 4) is 0 Å². The molecule has 1 saturated heterocycles. The van der Waals surface area contributed by atoms with E-state index in [1.54, 1.807) is 0 Å². The molecular weight excluding hydrogens is 382 g/mol. The lowest BCUT2D eigenvalue weighted by molar-refractivity contribution is -0.962. The highest BCUT2D eigenvalue weighted by Crippen LogP contribution is 2.33. The van der Waals surface area contributed by atoms with Gasteiger partial charge < -0.3 is 14.7 Å². The maximum absolute atomic E-state index is 10.4. The SMILES string of the molecule is CCCCCCCCCCC(C)[N+]1(C(C)CCCCCCCCCC)CC(O)C(O)C1. The highest BCUT2D eigenvalue weighted by molar-refractivity contribution is 4.79. The molecule has 0 spiro atoms. The third kappa shape index (κ3) is 11.0. The second-order valence-electron chi connectivity index (χ2n) is 10.8. The fraction of sp³-hybridized carbons (Fsp3) is 1.00. The maximum Gasteiger partial charge on any atom is 0.134 e. The third-order valence-electron chi connectivity index (χ3n) is 8.20. The number of aliphatic hydroxyl groups is 2. The van der Waals surface area contributed by atoms with E-state index < -0.39 is 12.2 Å². The summed E-state index contributed by atoms with van der Waals surface area (Å²) < 4.78 is 0.940.